The number of fused-ring (bicyclic) bond motifs is 1. The predicted octanol–water partition coefficient (Wildman–Crippen LogP) is 0.674. The number of hydrogen-bond acceptors (Lipinski definition) is 4. The molecule has 1 heterocycles. The number of amides is 1. The van der Waals surface area contributed by atoms with E-state index in [1.54, 1.807) is 0 Å². The molecule has 2 aromatic rings. The van der Waals surface area contributed by atoms with Gasteiger partial charge in [0.2, 0.25) is 5.91 Å². The lowest BCUT2D eigenvalue weighted by Gasteiger charge is -2.19. The highest BCUT2D eigenvalue weighted by molar-refractivity contribution is 5.88. The number of carboxylic acids is 1. The number of benzene rings is 2. The van der Waals surface area contributed by atoms with Gasteiger partial charge in [0.25, 0.3) is 0 Å². The average molecular weight is 328 g/mol. The summed E-state index contributed by atoms with van der Waals surface area (Å²) in [6.07, 6.45) is -0.102. The lowest BCUT2D eigenvalue weighted by Crippen LogP contribution is -2.52. The molecule has 1 aliphatic rings. The largest absolute Gasteiger partial charge is 0.480 e. The van der Waals surface area contributed by atoms with Gasteiger partial charge in [0.1, 0.15) is 12.1 Å². The third-order valence-corrected chi connectivity index (χ3v) is 4.34. The van der Waals surface area contributed by atoms with Crippen LogP contribution in [0.25, 0.3) is 10.8 Å². The van der Waals surface area contributed by atoms with Crippen molar-refractivity contribution in [3.05, 3.63) is 48.0 Å². The molecule has 6 nitrogen and oxygen atoms in total. The Hall–Kier alpha value is -2.44. The molecule has 2 aromatic carbocycles. The van der Waals surface area contributed by atoms with Crippen molar-refractivity contribution in [1.29, 1.82) is 0 Å². The lowest BCUT2D eigenvalue weighted by atomic mass is 10.0. The van der Waals surface area contributed by atoms with E-state index < -0.39 is 30.1 Å². The molecule has 6 heteroatoms. The van der Waals surface area contributed by atoms with Crippen LogP contribution in [0.15, 0.2) is 42.5 Å². The van der Waals surface area contributed by atoms with Gasteiger partial charge in [-0.2, -0.15) is 0 Å². The maximum atomic E-state index is 12.2. The Bertz CT molecular complexity index is 762. The summed E-state index contributed by atoms with van der Waals surface area (Å²) < 4.78 is 0. The quantitative estimate of drug-likeness (QED) is 0.647. The molecule has 126 valence electrons. The van der Waals surface area contributed by atoms with Gasteiger partial charge in [-0.05, 0) is 29.3 Å². The van der Waals surface area contributed by atoms with E-state index in [9.17, 15) is 19.8 Å². The van der Waals surface area contributed by atoms with Crippen molar-refractivity contribution in [2.24, 2.45) is 0 Å². The number of hydrogen-bond donors (Lipinski definition) is 4. The standard InChI is InChI=1S/C18H20N2O4/c21-15-7-8-19-16(15)17(22)20-14(18(23)24)10-11-5-6-12-3-1-2-4-13(12)9-11/h1-6,9,14-16,19,21H,7-8,10H2,(H,20,22)(H,23,24)/t14-,15?,16-/m0/s1. The molecule has 0 aliphatic carbocycles. The van der Waals surface area contributed by atoms with E-state index in [0.717, 1.165) is 16.3 Å². The van der Waals surface area contributed by atoms with Gasteiger partial charge in [-0.25, -0.2) is 4.79 Å². The van der Waals surface area contributed by atoms with Crippen LogP contribution < -0.4 is 10.6 Å². The Labute approximate surface area is 139 Å². The van der Waals surface area contributed by atoms with E-state index in [1.807, 2.05) is 42.5 Å². The normalized spacial score (nSPS) is 21.5. The number of carbonyl (C=O) groups is 2. The third kappa shape index (κ3) is 3.55. The molecule has 24 heavy (non-hydrogen) atoms. The fourth-order valence-electron chi connectivity index (χ4n) is 3.02. The number of aliphatic hydroxyl groups is 1. The van der Waals surface area contributed by atoms with Gasteiger partial charge in [0.15, 0.2) is 0 Å². The van der Waals surface area contributed by atoms with Crippen molar-refractivity contribution in [3.8, 4) is 0 Å². The highest BCUT2D eigenvalue weighted by atomic mass is 16.4. The number of aliphatic hydroxyl groups excluding tert-OH is 1. The molecule has 0 bridgehead atoms. The Morgan fingerprint density at radius 2 is 1.96 bits per heavy atom. The molecule has 0 spiro atoms. The molecule has 0 radical (unpaired) electrons. The zero-order valence-electron chi connectivity index (χ0n) is 13.1. The average Bonchev–Trinajstić information content (AvgIpc) is 3.00. The van der Waals surface area contributed by atoms with Gasteiger partial charge < -0.3 is 20.8 Å². The number of rotatable bonds is 5. The maximum absolute atomic E-state index is 12.2. The zero-order valence-corrected chi connectivity index (χ0v) is 13.1. The highest BCUT2D eigenvalue weighted by Crippen LogP contribution is 2.17. The van der Waals surface area contributed by atoms with E-state index in [4.69, 9.17) is 0 Å². The van der Waals surface area contributed by atoms with Gasteiger partial charge in [0.05, 0.1) is 6.10 Å². The van der Waals surface area contributed by atoms with Crippen LogP contribution in [0.4, 0.5) is 0 Å². The minimum atomic E-state index is -1.09. The number of aliphatic carboxylic acids is 1. The summed E-state index contributed by atoms with van der Waals surface area (Å²) in [7, 11) is 0. The molecule has 1 aliphatic heterocycles. The fourth-order valence-corrected chi connectivity index (χ4v) is 3.02. The highest BCUT2D eigenvalue weighted by Gasteiger charge is 2.33. The second-order valence-corrected chi connectivity index (χ2v) is 6.07. The summed E-state index contributed by atoms with van der Waals surface area (Å²) in [4.78, 5) is 23.7. The summed E-state index contributed by atoms with van der Waals surface area (Å²) in [5.74, 6) is -1.57. The first-order valence-electron chi connectivity index (χ1n) is 7.97. The van der Waals surface area contributed by atoms with Crippen LogP contribution >= 0.6 is 0 Å². The van der Waals surface area contributed by atoms with Crippen LogP contribution in [0, 0.1) is 0 Å². The molecule has 3 atom stereocenters. The van der Waals surface area contributed by atoms with Crippen molar-refractivity contribution in [2.45, 2.75) is 31.0 Å². The SMILES string of the molecule is O=C(O)[C@H](Cc1ccc2ccccc2c1)NC(=O)[C@H]1NCCC1O. The first-order chi connectivity index (χ1) is 11.5. The molecule has 1 amide bonds. The monoisotopic (exact) mass is 328 g/mol. The Morgan fingerprint density at radius 1 is 1.21 bits per heavy atom. The molecule has 3 rings (SSSR count). The number of nitrogens with one attached hydrogen (secondary N) is 2. The Morgan fingerprint density at radius 3 is 2.62 bits per heavy atom. The zero-order chi connectivity index (χ0) is 17.1. The molecule has 0 aromatic heterocycles. The molecular formula is C18H20N2O4. The van der Waals surface area contributed by atoms with E-state index in [1.165, 1.54) is 0 Å². The summed E-state index contributed by atoms with van der Waals surface area (Å²) >= 11 is 0. The third-order valence-electron chi connectivity index (χ3n) is 4.34. The van der Waals surface area contributed by atoms with Crippen molar-refractivity contribution in [2.75, 3.05) is 6.54 Å². The van der Waals surface area contributed by atoms with Crippen LogP contribution in [0.2, 0.25) is 0 Å². The van der Waals surface area contributed by atoms with Crippen molar-refractivity contribution >= 4 is 22.6 Å². The molecule has 1 saturated heterocycles. The summed E-state index contributed by atoms with van der Waals surface area (Å²) in [5, 5.41) is 26.7. The first kappa shape index (κ1) is 16.4. The van der Waals surface area contributed by atoms with E-state index in [2.05, 4.69) is 10.6 Å². The van der Waals surface area contributed by atoms with Crippen molar-refractivity contribution in [3.63, 3.8) is 0 Å². The van der Waals surface area contributed by atoms with Crippen LogP contribution in [-0.2, 0) is 16.0 Å². The summed E-state index contributed by atoms with van der Waals surface area (Å²) in [6.45, 7) is 0.543. The Kier molecular flexibility index (Phi) is 4.78. The summed E-state index contributed by atoms with van der Waals surface area (Å²) in [6, 6.07) is 11.8. The van der Waals surface area contributed by atoms with Gasteiger partial charge in [-0.3, -0.25) is 4.79 Å². The smallest absolute Gasteiger partial charge is 0.326 e. The van der Waals surface area contributed by atoms with Gasteiger partial charge in [-0.15, -0.1) is 0 Å². The topological polar surface area (TPSA) is 98.7 Å². The van der Waals surface area contributed by atoms with Crippen molar-refractivity contribution in [1.82, 2.24) is 10.6 Å². The molecule has 4 N–H and O–H groups in total. The van der Waals surface area contributed by atoms with E-state index >= 15 is 0 Å². The van der Waals surface area contributed by atoms with Gasteiger partial charge >= 0.3 is 5.97 Å². The van der Waals surface area contributed by atoms with Crippen LogP contribution in [0.1, 0.15) is 12.0 Å². The Balaban J connectivity index is 1.73. The van der Waals surface area contributed by atoms with Gasteiger partial charge in [0, 0.05) is 6.42 Å². The minimum absolute atomic E-state index is 0.189. The fraction of sp³-hybridized carbons (Fsp3) is 0.333. The molecule has 0 saturated carbocycles. The maximum Gasteiger partial charge on any atom is 0.326 e. The molecule has 1 unspecified atom stereocenters. The van der Waals surface area contributed by atoms with E-state index in [-0.39, 0.29) is 6.42 Å². The minimum Gasteiger partial charge on any atom is -0.480 e. The summed E-state index contributed by atoms with van der Waals surface area (Å²) in [5.41, 5.74) is 0.835. The number of carbonyl (C=O) groups excluding carboxylic acids is 1. The number of carboxylic acid groups (broad SMARTS) is 1. The lowest BCUT2D eigenvalue weighted by molar-refractivity contribution is -0.142. The molecular weight excluding hydrogens is 308 g/mol. The molecule has 1 fully saturated rings. The predicted molar refractivity (Wildman–Crippen MR) is 89.6 cm³/mol. The second kappa shape index (κ2) is 6.98. The van der Waals surface area contributed by atoms with Crippen LogP contribution in [0.3, 0.4) is 0 Å². The van der Waals surface area contributed by atoms with Crippen LogP contribution in [0.5, 0.6) is 0 Å². The van der Waals surface area contributed by atoms with Gasteiger partial charge in [-0.1, -0.05) is 42.5 Å². The second-order valence-electron chi connectivity index (χ2n) is 6.07. The van der Waals surface area contributed by atoms with Crippen LogP contribution in [-0.4, -0.2) is 46.8 Å². The van der Waals surface area contributed by atoms with Crippen molar-refractivity contribution < 1.29 is 19.8 Å². The van der Waals surface area contributed by atoms with E-state index in [0.29, 0.717) is 13.0 Å². The first-order valence-corrected chi connectivity index (χ1v) is 7.97.